The lowest BCUT2D eigenvalue weighted by Gasteiger charge is -2.34. The predicted octanol–water partition coefficient (Wildman–Crippen LogP) is 3.94. The summed E-state index contributed by atoms with van der Waals surface area (Å²) >= 11 is 1.77. The van der Waals surface area contributed by atoms with Crippen molar-refractivity contribution in [2.24, 2.45) is 5.41 Å². The molecule has 2 heterocycles. The summed E-state index contributed by atoms with van der Waals surface area (Å²) in [6.45, 7) is 6.70. The highest BCUT2D eigenvalue weighted by Crippen LogP contribution is 2.45. The van der Waals surface area contributed by atoms with E-state index in [1.807, 2.05) is 13.1 Å². The number of rotatable bonds is 2. The Morgan fingerprint density at radius 1 is 1.47 bits per heavy atom. The van der Waals surface area contributed by atoms with E-state index in [1.54, 1.807) is 17.6 Å². The van der Waals surface area contributed by atoms with Gasteiger partial charge in [0.15, 0.2) is 10.8 Å². The molecule has 4 heteroatoms. The van der Waals surface area contributed by atoms with E-state index in [0.29, 0.717) is 11.5 Å². The fourth-order valence-electron chi connectivity index (χ4n) is 2.86. The lowest BCUT2D eigenvalue weighted by molar-refractivity contribution is 0.265. The molecule has 0 saturated carbocycles. The molecule has 1 N–H and O–H groups in total. The summed E-state index contributed by atoms with van der Waals surface area (Å²) in [7, 11) is 2.04. The van der Waals surface area contributed by atoms with Gasteiger partial charge in [-0.1, -0.05) is 13.8 Å². The zero-order valence-electron chi connectivity index (χ0n) is 11.9. The highest BCUT2D eigenvalue weighted by atomic mass is 32.1. The molecular weight excluding hydrogens is 256 g/mol. The second-order valence-corrected chi connectivity index (χ2v) is 7.18. The molecule has 19 heavy (non-hydrogen) atoms. The Labute approximate surface area is 118 Å². The van der Waals surface area contributed by atoms with Crippen molar-refractivity contribution in [1.82, 2.24) is 10.3 Å². The Hall–Kier alpha value is -1.13. The van der Waals surface area contributed by atoms with E-state index < -0.39 is 0 Å². The van der Waals surface area contributed by atoms with Crippen LogP contribution in [0.3, 0.4) is 0 Å². The van der Waals surface area contributed by atoms with Gasteiger partial charge in [0, 0.05) is 10.9 Å². The summed E-state index contributed by atoms with van der Waals surface area (Å²) in [6, 6.07) is 2.41. The van der Waals surface area contributed by atoms with Crippen LogP contribution in [0.2, 0.25) is 0 Å². The van der Waals surface area contributed by atoms with Crippen molar-refractivity contribution in [1.29, 1.82) is 0 Å². The second kappa shape index (κ2) is 4.46. The van der Waals surface area contributed by atoms with Gasteiger partial charge in [-0.2, -0.15) is 0 Å². The first-order valence-electron chi connectivity index (χ1n) is 6.71. The van der Waals surface area contributed by atoms with Crippen molar-refractivity contribution in [3.05, 3.63) is 28.5 Å². The second-order valence-electron chi connectivity index (χ2n) is 6.15. The molecule has 1 atom stereocenters. The van der Waals surface area contributed by atoms with Crippen LogP contribution in [0.25, 0.3) is 10.8 Å². The predicted molar refractivity (Wildman–Crippen MR) is 78.5 cm³/mol. The Kier molecular flexibility index (Phi) is 3.02. The Morgan fingerprint density at radius 3 is 2.89 bits per heavy atom. The smallest absolute Gasteiger partial charge is 0.165 e. The number of thiazole rings is 1. The third kappa shape index (κ3) is 2.23. The van der Waals surface area contributed by atoms with Crippen LogP contribution in [0, 0.1) is 12.3 Å². The molecule has 0 bridgehead atoms. The largest absolute Gasteiger partial charge is 0.462 e. The van der Waals surface area contributed by atoms with Gasteiger partial charge in [-0.05, 0) is 43.9 Å². The van der Waals surface area contributed by atoms with Gasteiger partial charge in [-0.15, -0.1) is 11.3 Å². The molecule has 1 aliphatic rings. The van der Waals surface area contributed by atoms with Gasteiger partial charge in [0.2, 0.25) is 0 Å². The average Bonchev–Trinajstić information content (AvgIpc) is 2.92. The fraction of sp³-hybridized carbons (Fsp3) is 0.533. The SMILES string of the molecule is CNC1CC(C)(C)Cc2nc(-c3occc3C)sc21. The third-order valence-electron chi connectivity index (χ3n) is 3.85. The molecule has 2 aromatic heterocycles. The Bertz CT molecular complexity index is 597. The van der Waals surface area contributed by atoms with Gasteiger partial charge in [0.1, 0.15) is 0 Å². The molecule has 1 aliphatic carbocycles. The molecule has 0 aromatic carbocycles. The van der Waals surface area contributed by atoms with Crippen LogP contribution in [0.15, 0.2) is 16.7 Å². The molecule has 0 spiro atoms. The zero-order chi connectivity index (χ0) is 13.6. The van der Waals surface area contributed by atoms with Crippen molar-refractivity contribution < 1.29 is 4.42 Å². The molecule has 3 rings (SSSR count). The van der Waals surface area contributed by atoms with E-state index in [1.165, 1.54) is 10.6 Å². The summed E-state index contributed by atoms with van der Waals surface area (Å²) in [5.74, 6) is 0.923. The molecule has 0 amide bonds. The van der Waals surface area contributed by atoms with Gasteiger partial charge in [-0.25, -0.2) is 4.98 Å². The minimum Gasteiger partial charge on any atom is -0.462 e. The normalized spacial score (nSPS) is 21.4. The van der Waals surface area contributed by atoms with Crippen molar-refractivity contribution in [2.75, 3.05) is 7.05 Å². The monoisotopic (exact) mass is 276 g/mol. The van der Waals surface area contributed by atoms with Gasteiger partial charge in [0.05, 0.1) is 12.0 Å². The number of nitrogens with zero attached hydrogens (tertiary/aromatic N) is 1. The summed E-state index contributed by atoms with van der Waals surface area (Å²) < 4.78 is 5.58. The first-order chi connectivity index (χ1) is 9.00. The summed E-state index contributed by atoms with van der Waals surface area (Å²) in [4.78, 5) is 6.21. The van der Waals surface area contributed by atoms with Crippen LogP contribution in [0.5, 0.6) is 0 Å². The maximum absolute atomic E-state index is 5.58. The van der Waals surface area contributed by atoms with Crippen LogP contribution in [-0.4, -0.2) is 12.0 Å². The zero-order valence-corrected chi connectivity index (χ0v) is 12.7. The summed E-state index contributed by atoms with van der Waals surface area (Å²) in [6.07, 6.45) is 3.95. The number of aromatic nitrogens is 1. The van der Waals surface area contributed by atoms with Crippen LogP contribution >= 0.6 is 11.3 Å². The van der Waals surface area contributed by atoms with Crippen molar-refractivity contribution in [2.45, 2.75) is 39.7 Å². The number of nitrogens with one attached hydrogen (secondary N) is 1. The molecule has 102 valence electrons. The van der Waals surface area contributed by atoms with E-state index in [9.17, 15) is 0 Å². The Morgan fingerprint density at radius 2 is 2.26 bits per heavy atom. The van der Waals surface area contributed by atoms with Crippen LogP contribution in [0.4, 0.5) is 0 Å². The molecule has 0 radical (unpaired) electrons. The van der Waals surface area contributed by atoms with Gasteiger partial charge < -0.3 is 9.73 Å². The van der Waals surface area contributed by atoms with Crippen molar-refractivity contribution in [3.63, 3.8) is 0 Å². The van der Waals surface area contributed by atoms with Gasteiger partial charge in [-0.3, -0.25) is 0 Å². The maximum Gasteiger partial charge on any atom is 0.165 e. The molecular formula is C15H20N2OS. The average molecular weight is 276 g/mol. The Balaban J connectivity index is 2.05. The van der Waals surface area contributed by atoms with Crippen molar-refractivity contribution >= 4 is 11.3 Å². The maximum atomic E-state index is 5.58. The van der Waals surface area contributed by atoms with Crippen LogP contribution in [0.1, 0.15) is 42.4 Å². The third-order valence-corrected chi connectivity index (χ3v) is 5.06. The number of hydrogen-bond donors (Lipinski definition) is 1. The first-order valence-corrected chi connectivity index (χ1v) is 7.53. The minimum atomic E-state index is 0.310. The van der Waals surface area contributed by atoms with Gasteiger partial charge >= 0.3 is 0 Å². The fourth-order valence-corrected chi connectivity index (χ4v) is 4.10. The molecule has 2 aromatic rings. The summed E-state index contributed by atoms with van der Waals surface area (Å²) in [5, 5.41) is 4.45. The topological polar surface area (TPSA) is 38.1 Å². The molecule has 0 saturated heterocycles. The lowest BCUT2D eigenvalue weighted by atomic mass is 9.76. The standard InChI is InChI=1S/C15H20N2OS/c1-9-5-6-18-12(9)14-17-11-8-15(2,3)7-10(16-4)13(11)19-14/h5-6,10,16H,7-8H2,1-4H3. The molecule has 0 fully saturated rings. The van der Waals surface area contributed by atoms with E-state index >= 15 is 0 Å². The van der Waals surface area contributed by atoms with Crippen LogP contribution in [-0.2, 0) is 6.42 Å². The highest BCUT2D eigenvalue weighted by Gasteiger charge is 2.34. The highest BCUT2D eigenvalue weighted by molar-refractivity contribution is 7.15. The first kappa shape index (κ1) is 12.9. The summed E-state index contributed by atoms with van der Waals surface area (Å²) in [5.41, 5.74) is 2.71. The van der Waals surface area contributed by atoms with Crippen LogP contribution < -0.4 is 5.32 Å². The van der Waals surface area contributed by atoms with Crippen molar-refractivity contribution in [3.8, 4) is 10.8 Å². The van der Waals surface area contributed by atoms with E-state index in [-0.39, 0.29) is 0 Å². The van der Waals surface area contributed by atoms with E-state index in [2.05, 4.69) is 26.1 Å². The van der Waals surface area contributed by atoms with Gasteiger partial charge in [0.25, 0.3) is 0 Å². The number of hydrogen-bond acceptors (Lipinski definition) is 4. The lowest BCUT2D eigenvalue weighted by Crippen LogP contribution is -2.30. The minimum absolute atomic E-state index is 0.310. The number of furan rings is 1. The molecule has 3 nitrogen and oxygen atoms in total. The quantitative estimate of drug-likeness (QED) is 0.902. The molecule has 0 aliphatic heterocycles. The van der Waals surface area contributed by atoms with E-state index in [4.69, 9.17) is 9.40 Å². The number of fused-ring (bicyclic) bond motifs is 1. The number of aryl methyl sites for hydroxylation is 1. The van der Waals surface area contributed by atoms with E-state index in [0.717, 1.165) is 29.2 Å². The molecule has 1 unspecified atom stereocenters.